The van der Waals surface area contributed by atoms with Crippen LogP contribution < -0.4 is 10.2 Å². The molecule has 2 unspecified atom stereocenters. The molecule has 4 nitrogen and oxygen atoms in total. The van der Waals surface area contributed by atoms with Gasteiger partial charge in [-0.1, -0.05) is 18.5 Å². The minimum absolute atomic E-state index is 0.0931. The average molecular weight is 281 g/mol. The Morgan fingerprint density at radius 2 is 1.89 bits per heavy atom. The Labute approximate surface area is 117 Å². The summed E-state index contributed by atoms with van der Waals surface area (Å²) in [5.41, 5.74) is -0.153. The van der Waals surface area contributed by atoms with Crippen LogP contribution in [0.2, 0.25) is 5.02 Å². The van der Waals surface area contributed by atoms with Crippen molar-refractivity contribution in [1.29, 1.82) is 0 Å². The number of nitrogens with one attached hydrogen (secondary N) is 1. The highest BCUT2D eigenvalue weighted by atomic mass is 35.5. The van der Waals surface area contributed by atoms with Gasteiger partial charge in [0, 0.05) is 10.7 Å². The molecule has 1 aliphatic rings. The number of carbonyl (C=O) groups is 2. The summed E-state index contributed by atoms with van der Waals surface area (Å²) in [6, 6.07) is 6.42. The quantitative estimate of drug-likeness (QED) is 0.904. The van der Waals surface area contributed by atoms with Crippen LogP contribution in [0.4, 0.5) is 5.69 Å². The summed E-state index contributed by atoms with van der Waals surface area (Å²) in [7, 11) is 0. The van der Waals surface area contributed by atoms with Crippen LogP contribution in [0.5, 0.6) is 0 Å². The zero-order chi connectivity index (χ0) is 14.2. The highest BCUT2D eigenvalue weighted by Gasteiger charge is 2.45. The van der Waals surface area contributed by atoms with Gasteiger partial charge in [0.1, 0.15) is 11.6 Å². The summed E-state index contributed by atoms with van der Waals surface area (Å²) in [4.78, 5) is 26.2. The van der Waals surface area contributed by atoms with Crippen molar-refractivity contribution in [2.75, 3.05) is 4.90 Å². The second kappa shape index (κ2) is 4.85. The molecule has 1 fully saturated rings. The predicted molar refractivity (Wildman–Crippen MR) is 75.2 cm³/mol. The van der Waals surface area contributed by atoms with Gasteiger partial charge in [0.25, 0.3) is 5.91 Å². The van der Waals surface area contributed by atoms with Gasteiger partial charge in [-0.05, 0) is 44.5 Å². The van der Waals surface area contributed by atoms with Gasteiger partial charge in [0.05, 0.1) is 0 Å². The topological polar surface area (TPSA) is 49.4 Å². The number of hydrogen-bond donors (Lipinski definition) is 1. The Hall–Kier alpha value is -1.55. The second-order valence-corrected chi connectivity index (χ2v) is 5.44. The lowest BCUT2D eigenvalue weighted by atomic mass is 9.92. The van der Waals surface area contributed by atoms with Gasteiger partial charge in [-0.2, -0.15) is 0 Å². The van der Waals surface area contributed by atoms with Gasteiger partial charge >= 0.3 is 0 Å². The van der Waals surface area contributed by atoms with Crippen LogP contribution in [-0.4, -0.2) is 23.4 Å². The summed E-state index contributed by atoms with van der Waals surface area (Å²) < 4.78 is 0. The summed E-state index contributed by atoms with van der Waals surface area (Å²) in [6.45, 7) is 5.35. The maximum Gasteiger partial charge on any atom is 0.253 e. The second-order valence-electron chi connectivity index (χ2n) is 5.00. The molecule has 0 radical (unpaired) electrons. The minimum atomic E-state index is -0.844. The number of piperazine rings is 1. The average Bonchev–Trinajstić information content (AvgIpc) is 2.39. The molecule has 1 aliphatic heterocycles. The van der Waals surface area contributed by atoms with E-state index in [-0.39, 0.29) is 11.8 Å². The van der Waals surface area contributed by atoms with Crippen LogP contribution in [0.15, 0.2) is 24.3 Å². The van der Waals surface area contributed by atoms with E-state index in [1.54, 1.807) is 43.0 Å². The number of amides is 2. The Morgan fingerprint density at radius 3 is 2.42 bits per heavy atom. The zero-order valence-electron chi connectivity index (χ0n) is 11.2. The van der Waals surface area contributed by atoms with Crippen molar-refractivity contribution >= 4 is 29.1 Å². The SMILES string of the molecule is CCC1(C)NC(=O)C(C)N(c2ccc(Cl)cc2)C1=O. The number of rotatable bonds is 2. The molecule has 2 rings (SSSR count). The third-order valence-corrected chi connectivity index (χ3v) is 3.92. The molecule has 0 spiro atoms. The number of hydrogen-bond acceptors (Lipinski definition) is 2. The van der Waals surface area contributed by atoms with Gasteiger partial charge in [-0.15, -0.1) is 0 Å². The van der Waals surface area contributed by atoms with Crippen LogP contribution in [-0.2, 0) is 9.59 Å². The highest BCUT2D eigenvalue weighted by Crippen LogP contribution is 2.28. The standard InChI is InChI=1S/C14H17ClN2O2/c1-4-14(3)13(19)17(9(2)12(18)16-14)11-7-5-10(15)6-8-11/h5-9H,4H2,1-3H3,(H,16,18). The van der Waals surface area contributed by atoms with Crippen molar-refractivity contribution < 1.29 is 9.59 Å². The van der Waals surface area contributed by atoms with E-state index in [1.165, 1.54) is 0 Å². The van der Waals surface area contributed by atoms with Crippen molar-refractivity contribution in [3.8, 4) is 0 Å². The first-order valence-corrected chi connectivity index (χ1v) is 6.68. The van der Waals surface area contributed by atoms with E-state index in [9.17, 15) is 9.59 Å². The van der Waals surface area contributed by atoms with Crippen LogP contribution in [0.25, 0.3) is 0 Å². The first-order chi connectivity index (χ1) is 8.89. The van der Waals surface area contributed by atoms with E-state index in [1.807, 2.05) is 6.92 Å². The third-order valence-electron chi connectivity index (χ3n) is 3.67. The van der Waals surface area contributed by atoms with Crippen LogP contribution in [0.3, 0.4) is 0 Å². The lowest BCUT2D eigenvalue weighted by Gasteiger charge is -2.42. The van der Waals surface area contributed by atoms with Gasteiger partial charge in [0.2, 0.25) is 5.91 Å². The van der Waals surface area contributed by atoms with Crippen molar-refractivity contribution in [3.05, 3.63) is 29.3 Å². The van der Waals surface area contributed by atoms with Gasteiger partial charge in [-0.25, -0.2) is 0 Å². The maximum atomic E-state index is 12.6. The summed E-state index contributed by atoms with van der Waals surface area (Å²) in [5.74, 6) is -0.233. The van der Waals surface area contributed by atoms with E-state index in [2.05, 4.69) is 5.32 Å². The Bertz CT molecular complexity index is 515. The molecule has 0 bridgehead atoms. The number of halogens is 1. The third kappa shape index (κ3) is 2.32. The van der Waals surface area contributed by atoms with Crippen molar-refractivity contribution in [2.45, 2.75) is 38.8 Å². The molecule has 0 aliphatic carbocycles. The predicted octanol–water partition coefficient (Wildman–Crippen LogP) is 2.36. The molecule has 0 aromatic heterocycles. The molecule has 2 atom stereocenters. The van der Waals surface area contributed by atoms with Crippen LogP contribution in [0.1, 0.15) is 27.2 Å². The van der Waals surface area contributed by atoms with Crippen LogP contribution in [0, 0.1) is 0 Å². The summed E-state index contributed by atoms with van der Waals surface area (Å²) in [6.07, 6.45) is 0.550. The van der Waals surface area contributed by atoms with Gasteiger partial charge in [0.15, 0.2) is 0 Å². The van der Waals surface area contributed by atoms with Crippen molar-refractivity contribution in [3.63, 3.8) is 0 Å². The van der Waals surface area contributed by atoms with Crippen molar-refractivity contribution in [1.82, 2.24) is 5.32 Å². The molecule has 5 heteroatoms. The number of nitrogens with zero attached hydrogens (tertiary/aromatic N) is 1. The fourth-order valence-electron chi connectivity index (χ4n) is 2.17. The minimum Gasteiger partial charge on any atom is -0.340 e. The van der Waals surface area contributed by atoms with E-state index in [4.69, 9.17) is 11.6 Å². The maximum absolute atomic E-state index is 12.6. The molecular formula is C14H17ClN2O2. The van der Waals surface area contributed by atoms with Crippen molar-refractivity contribution in [2.24, 2.45) is 0 Å². The highest BCUT2D eigenvalue weighted by molar-refractivity contribution is 6.30. The molecule has 0 saturated carbocycles. The monoisotopic (exact) mass is 280 g/mol. The normalized spacial score (nSPS) is 27.4. The summed E-state index contributed by atoms with van der Waals surface area (Å²) in [5, 5.41) is 3.40. The fourth-order valence-corrected chi connectivity index (χ4v) is 2.30. The summed E-state index contributed by atoms with van der Waals surface area (Å²) >= 11 is 5.85. The smallest absolute Gasteiger partial charge is 0.253 e. The molecule has 2 amide bonds. The van der Waals surface area contributed by atoms with E-state index in [0.29, 0.717) is 17.1 Å². The largest absolute Gasteiger partial charge is 0.340 e. The lowest BCUT2D eigenvalue weighted by Crippen LogP contribution is -2.68. The molecule has 1 heterocycles. The first-order valence-electron chi connectivity index (χ1n) is 6.30. The Balaban J connectivity index is 2.43. The van der Waals surface area contributed by atoms with E-state index >= 15 is 0 Å². The lowest BCUT2D eigenvalue weighted by molar-refractivity contribution is -0.137. The van der Waals surface area contributed by atoms with E-state index in [0.717, 1.165) is 0 Å². The van der Waals surface area contributed by atoms with Gasteiger partial charge in [-0.3, -0.25) is 14.5 Å². The molecule has 1 saturated heterocycles. The molecule has 1 aromatic carbocycles. The number of anilines is 1. The molecule has 1 N–H and O–H groups in total. The molecule has 19 heavy (non-hydrogen) atoms. The number of carbonyl (C=O) groups excluding carboxylic acids is 2. The molecule has 102 valence electrons. The molecule has 1 aromatic rings. The van der Waals surface area contributed by atoms with Gasteiger partial charge < -0.3 is 5.32 Å². The first kappa shape index (κ1) is 13.9. The Kier molecular flexibility index (Phi) is 3.54. The fraction of sp³-hybridized carbons (Fsp3) is 0.429. The molecular weight excluding hydrogens is 264 g/mol. The Morgan fingerprint density at radius 1 is 1.32 bits per heavy atom. The zero-order valence-corrected chi connectivity index (χ0v) is 12.0. The van der Waals surface area contributed by atoms with Crippen LogP contribution >= 0.6 is 11.6 Å². The number of benzene rings is 1. The van der Waals surface area contributed by atoms with E-state index < -0.39 is 11.6 Å².